The van der Waals surface area contributed by atoms with E-state index in [1.54, 1.807) is 0 Å². The lowest BCUT2D eigenvalue weighted by Gasteiger charge is -2.19. The molecule has 0 spiro atoms. The molecular weight excluding hydrogens is 268 g/mol. The van der Waals surface area contributed by atoms with E-state index in [-0.39, 0.29) is 11.8 Å². The zero-order chi connectivity index (χ0) is 14.7. The molecule has 1 saturated heterocycles. The minimum absolute atomic E-state index is 0.102. The first-order valence-corrected chi connectivity index (χ1v) is 7.61. The molecule has 3 rings (SSSR count). The van der Waals surface area contributed by atoms with E-state index in [0.717, 1.165) is 36.6 Å². The summed E-state index contributed by atoms with van der Waals surface area (Å²) in [5.41, 5.74) is 1.15. The lowest BCUT2D eigenvalue weighted by molar-refractivity contribution is -0.125. The van der Waals surface area contributed by atoms with Crippen LogP contribution >= 0.6 is 0 Å². The Morgan fingerprint density at radius 3 is 2.86 bits per heavy atom. The van der Waals surface area contributed by atoms with E-state index < -0.39 is 0 Å². The van der Waals surface area contributed by atoms with Crippen molar-refractivity contribution < 1.29 is 14.3 Å². The molecule has 0 aromatic heterocycles. The highest BCUT2D eigenvalue weighted by Crippen LogP contribution is 2.30. The van der Waals surface area contributed by atoms with Crippen LogP contribution in [-0.4, -0.2) is 38.8 Å². The number of amides is 1. The van der Waals surface area contributed by atoms with Crippen molar-refractivity contribution in [3.05, 3.63) is 23.8 Å². The van der Waals surface area contributed by atoms with Crippen LogP contribution in [0.2, 0.25) is 0 Å². The minimum Gasteiger partial charge on any atom is -0.486 e. The quantitative estimate of drug-likeness (QED) is 0.867. The number of hydrogen-bond acceptors (Lipinski definition) is 4. The largest absolute Gasteiger partial charge is 0.486 e. The van der Waals surface area contributed by atoms with E-state index in [1.807, 2.05) is 18.2 Å². The van der Waals surface area contributed by atoms with Crippen molar-refractivity contribution in [1.82, 2.24) is 10.6 Å². The van der Waals surface area contributed by atoms with Gasteiger partial charge in [0.05, 0.1) is 5.92 Å². The molecule has 5 nitrogen and oxygen atoms in total. The molecule has 0 radical (unpaired) electrons. The van der Waals surface area contributed by atoms with Gasteiger partial charge >= 0.3 is 0 Å². The Balaban J connectivity index is 1.50. The molecule has 0 bridgehead atoms. The Morgan fingerprint density at radius 2 is 2.10 bits per heavy atom. The molecule has 2 heterocycles. The highest BCUT2D eigenvalue weighted by Gasteiger charge is 2.29. The van der Waals surface area contributed by atoms with Gasteiger partial charge in [-0.05, 0) is 36.6 Å². The van der Waals surface area contributed by atoms with E-state index in [1.165, 1.54) is 0 Å². The summed E-state index contributed by atoms with van der Waals surface area (Å²) in [6, 6.07) is 5.97. The van der Waals surface area contributed by atoms with E-state index in [0.29, 0.717) is 25.7 Å². The monoisotopic (exact) mass is 290 g/mol. The van der Waals surface area contributed by atoms with Crippen molar-refractivity contribution >= 4 is 5.91 Å². The molecule has 21 heavy (non-hydrogen) atoms. The topological polar surface area (TPSA) is 59.6 Å². The fraction of sp³-hybridized carbons (Fsp3) is 0.562. The molecule has 2 atom stereocenters. The van der Waals surface area contributed by atoms with Gasteiger partial charge in [0, 0.05) is 13.1 Å². The molecule has 1 amide bonds. The van der Waals surface area contributed by atoms with Crippen molar-refractivity contribution in [2.45, 2.75) is 13.3 Å². The summed E-state index contributed by atoms with van der Waals surface area (Å²) in [6.45, 7) is 5.69. The van der Waals surface area contributed by atoms with Crippen molar-refractivity contribution in [2.24, 2.45) is 11.8 Å². The van der Waals surface area contributed by atoms with E-state index in [4.69, 9.17) is 9.47 Å². The molecule has 0 saturated carbocycles. The first-order chi connectivity index (χ1) is 10.2. The van der Waals surface area contributed by atoms with Crippen LogP contribution in [0.5, 0.6) is 11.5 Å². The third kappa shape index (κ3) is 3.29. The van der Waals surface area contributed by atoms with Crippen molar-refractivity contribution in [1.29, 1.82) is 0 Å². The molecule has 2 aliphatic rings. The highest BCUT2D eigenvalue weighted by atomic mass is 16.6. The first kappa shape index (κ1) is 14.2. The van der Waals surface area contributed by atoms with Gasteiger partial charge < -0.3 is 20.1 Å². The standard InChI is InChI=1S/C16H22N2O3/c1-11-9-17-10-13(11)16(19)18-5-4-12-2-3-14-15(8-12)21-7-6-20-14/h2-3,8,11,13,17H,4-7,9-10H2,1H3,(H,18,19). The predicted molar refractivity (Wildman–Crippen MR) is 79.7 cm³/mol. The van der Waals surface area contributed by atoms with Crippen LogP contribution in [0.3, 0.4) is 0 Å². The van der Waals surface area contributed by atoms with E-state index >= 15 is 0 Å². The van der Waals surface area contributed by atoms with Crippen LogP contribution in [-0.2, 0) is 11.2 Å². The summed E-state index contributed by atoms with van der Waals surface area (Å²) in [5.74, 6) is 2.29. The fourth-order valence-electron chi connectivity index (χ4n) is 2.87. The van der Waals surface area contributed by atoms with Gasteiger partial charge in [-0.2, -0.15) is 0 Å². The fourth-order valence-corrected chi connectivity index (χ4v) is 2.87. The van der Waals surface area contributed by atoms with Crippen LogP contribution in [0.25, 0.3) is 0 Å². The summed E-state index contributed by atoms with van der Waals surface area (Å²) >= 11 is 0. The van der Waals surface area contributed by atoms with Crippen LogP contribution in [0.15, 0.2) is 18.2 Å². The van der Waals surface area contributed by atoms with E-state index in [2.05, 4.69) is 17.6 Å². The Bertz CT molecular complexity index is 518. The summed E-state index contributed by atoms with van der Waals surface area (Å²) < 4.78 is 11.1. The number of benzene rings is 1. The maximum absolute atomic E-state index is 12.1. The highest BCUT2D eigenvalue weighted by molar-refractivity contribution is 5.79. The van der Waals surface area contributed by atoms with Crippen LogP contribution in [0.4, 0.5) is 0 Å². The second kappa shape index (κ2) is 6.35. The minimum atomic E-state index is 0.102. The number of nitrogens with one attached hydrogen (secondary N) is 2. The van der Waals surface area contributed by atoms with Gasteiger partial charge in [-0.1, -0.05) is 13.0 Å². The zero-order valence-electron chi connectivity index (χ0n) is 12.4. The van der Waals surface area contributed by atoms with Crippen LogP contribution in [0.1, 0.15) is 12.5 Å². The van der Waals surface area contributed by atoms with Crippen molar-refractivity contribution in [3.63, 3.8) is 0 Å². The summed E-state index contributed by atoms with van der Waals surface area (Å²) in [5, 5.41) is 6.29. The normalized spacial score (nSPS) is 23.9. The molecule has 1 fully saturated rings. The number of carbonyl (C=O) groups is 1. The average Bonchev–Trinajstić information content (AvgIpc) is 2.93. The lowest BCUT2D eigenvalue weighted by atomic mass is 9.97. The Kier molecular flexibility index (Phi) is 4.29. The van der Waals surface area contributed by atoms with Gasteiger partial charge in [0.2, 0.25) is 5.91 Å². The molecular formula is C16H22N2O3. The third-order valence-electron chi connectivity index (χ3n) is 4.17. The Labute approximate surface area is 125 Å². The lowest BCUT2D eigenvalue weighted by Crippen LogP contribution is -2.35. The molecule has 2 unspecified atom stereocenters. The van der Waals surface area contributed by atoms with Gasteiger partial charge in [0.25, 0.3) is 0 Å². The van der Waals surface area contributed by atoms with Crippen LogP contribution in [0, 0.1) is 11.8 Å². The Hall–Kier alpha value is -1.75. The maximum Gasteiger partial charge on any atom is 0.224 e. The van der Waals surface area contributed by atoms with Gasteiger partial charge in [-0.15, -0.1) is 0 Å². The molecule has 1 aromatic carbocycles. The summed E-state index contributed by atoms with van der Waals surface area (Å²) in [7, 11) is 0. The van der Waals surface area contributed by atoms with Gasteiger partial charge in [-0.3, -0.25) is 4.79 Å². The predicted octanol–water partition coefficient (Wildman–Crippen LogP) is 0.972. The summed E-state index contributed by atoms with van der Waals surface area (Å²) in [6.07, 6.45) is 0.802. The maximum atomic E-state index is 12.1. The Morgan fingerprint density at radius 1 is 1.29 bits per heavy atom. The van der Waals surface area contributed by atoms with Gasteiger partial charge in [-0.25, -0.2) is 0 Å². The SMILES string of the molecule is CC1CNCC1C(=O)NCCc1ccc2c(c1)OCCO2. The van der Waals surface area contributed by atoms with Crippen LogP contribution < -0.4 is 20.1 Å². The van der Waals surface area contributed by atoms with Gasteiger partial charge in [0.15, 0.2) is 11.5 Å². The van der Waals surface area contributed by atoms with Crippen molar-refractivity contribution in [3.8, 4) is 11.5 Å². The second-order valence-corrected chi connectivity index (χ2v) is 5.76. The second-order valence-electron chi connectivity index (χ2n) is 5.76. The molecule has 114 valence electrons. The molecule has 1 aromatic rings. The molecule has 2 aliphatic heterocycles. The smallest absolute Gasteiger partial charge is 0.224 e. The zero-order valence-corrected chi connectivity index (χ0v) is 12.4. The number of ether oxygens (including phenoxy) is 2. The summed E-state index contributed by atoms with van der Waals surface area (Å²) in [4.78, 5) is 12.1. The third-order valence-corrected chi connectivity index (χ3v) is 4.17. The number of fused-ring (bicyclic) bond motifs is 1. The number of rotatable bonds is 4. The molecule has 2 N–H and O–H groups in total. The first-order valence-electron chi connectivity index (χ1n) is 7.61. The van der Waals surface area contributed by atoms with Gasteiger partial charge in [0.1, 0.15) is 13.2 Å². The molecule has 5 heteroatoms. The van der Waals surface area contributed by atoms with E-state index in [9.17, 15) is 4.79 Å². The number of carbonyl (C=O) groups excluding carboxylic acids is 1. The van der Waals surface area contributed by atoms with Crippen molar-refractivity contribution in [2.75, 3.05) is 32.8 Å². The number of hydrogen-bond donors (Lipinski definition) is 2. The molecule has 0 aliphatic carbocycles. The average molecular weight is 290 g/mol.